The molecular formula is C19H15F4N3. The van der Waals surface area contributed by atoms with Crippen LogP contribution in [-0.2, 0) is 12.7 Å². The van der Waals surface area contributed by atoms with Crippen LogP contribution in [0.3, 0.4) is 0 Å². The van der Waals surface area contributed by atoms with Crippen molar-refractivity contribution in [3.8, 4) is 22.4 Å². The number of aromatic nitrogens is 1. The predicted molar refractivity (Wildman–Crippen MR) is 92.4 cm³/mol. The topological polar surface area (TPSA) is 64.9 Å². The molecule has 0 saturated heterocycles. The Morgan fingerprint density at radius 3 is 2.38 bits per heavy atom. The predicted octanol–water partition coefficient (Wildman–Crippen LogP) is 4.61. The number of nitrogens with zero attached hydrogens (tertiary/aromatic N) is 1. The number of hydrogen-bond donors (Lipinski definition) is 2. The first-order valence-electron chi connectivity index (χ1n) is 7.72. The van der Waals surface area contributed by atoms with Gasteiger partial charge in [0.15, 0.2) is 0 Å². The third-order valence-corrected chi connectivity index (χ3v) is 4.03. The lowest BCUT2D eigenvalue weighted by Gasteiger charge is -2.13. The van der Waals surface area contributed by atoms with Gasteiger partial charge in [-0.1, -0.05) is 12.1 Å². The highest BCUT2D eigenvalue weighted by molar-refractivity contribution is 5.82. The summed E-state index contributed by atoms with van der Waals surface area (Å²) in [7, 11) is 0. The minimum atomic E-state index is -4.79. The van der Waals surface area contributed by atoms with E-state index in [0.717, 1.165) is 12.1 Å². The lowest BCUT2D eigenvalue weighted by molar-refractivity contribution is -0.139. The van der Waals surface area contributed by atoms with Gasteiger partial charge in [0.25, 0.3) is 0 Å². The summed E-state index contributed by atoms with van der Waals surface area (Å²) in [6, 6.07) is 11.4. The Kier molecular flexibility index (Phi) is 4.65. The van der Waals surface area contributed by atoms with E-state index in [-0.39, 0.29) is 12.1 Å². The molecule has 0 spiro atoms. The minimum absolute atomic E-state index is 0.167. The second-order valence-electron chi connectivity index (χ2n) is 5.71. The maximum absolute atomic E-state index is 13.6. The van der Waals surface area contributed by atoms with Gasteiger partial charge in [-0.25, -0.2) is 4.39 Å². The molecule has 0 unspecified atom stereocenters. The molecule has 0 radical (unpaired) electrons. The molecular weight excluding hydrogens is 346 g/mol. The van der Waals surface area contributed by atoms with Crippen molar-refractivity contribution >= 4 is 5.69 Å². The molecule has 0 bridgehead atoms. The molecule has 7 heteroatoms. The molecule has 1 heterocycles. The van der Waals surface area contributed by atoms with Crippen molar-refractivity contribution in [1.82, 2.24) is 4.98 Å². The molecule has 0 atom stereocenters. The quantitative estimate of drug-likeness (QED) is 0.529. The van der Waals surface area contributed by atoms with E-state index in [1.165, 1.54) is 12.3 Å². The zero-order valence-electron chi connectivity index (χ0n) is 13.5. The number of nitrogens with two attached hydrogens (primary N) is 2. The zero-order chi connectivity index (χ0) is 18.9. The number of alkyl halides is 3. The van der Waals surface area contributed by atoms with Crippen molar-refractivity contribution in [3.63, 3.8) is 0 Å². The van der Waals surface area contributed by atoms with Crippen LogP contribution in [0.5, 0.6) is 0 Å². The third kappa shape index (κ3) is 3.39. The van der Waals surface area contributed by atoms with Gasteiger partial charge in [0.1, 0.15) is 5.82 Å². The van der Waals surface area contributed by atoms with Gasteiger partial charge >= 0.3 is 6.18 Å². The molecule has 134 valence electrons. The smallest absolute Gasteiger partial charge is 0.398 e. The largest absolute Gasteiger partial charge is 0.419 e. The second kappa shape index (κ2) is 6.76. The highest BCUT2D eigenvalue weighted by atomic mass is 19.4. The molecule has 0 aliphatic heterocycles. The van der Waals surface area contributed by atoms with Crippen molar-refractivity contribution in [1.29, 1.82) is 0 Å². The molecule has 0 fully saturated rings. The minimum Gasteiger partial charge on any atom is -0.398 e. The van der Waals surface area contributed by atoms with Gasteiger partial charge in [-0.2, -0.15) is 13.2 Å². The molecule has 0 aliphatic carbocycles. The fraction of sp³-hybridized carbons (Fsp3) is 0.105. The normalized spacial score (nSPS) is 11.6. The van der Waals surface area contributed by atoms with Crippen LogP contribution in [0.2, 0.25) is 0 Å². The van der Waals surface area contributed by atoms with Crippen LogP contribution < -0.4 is 11.5 Å². The van der Waals surface area contributed by atoms with Gasteiger partial charge in [0.05, 0.1) is 11.3 Å². The van der Waals surface area contributed by atoms with E-state index in [9.17, 15) is 17.6 Å². The van der Waals surface area contributed by atoms with Crippen molar-refractivity contribution in [2.75, 3.05) is 5.73 Å². The number of rotatable bonds is 3. The van der Waals surface area contributed by atoms with E-state index in [2.05, 4.69) is 4.98 Å². The molecule has 0 aliphatic rings. The van der Waals surface area contributed by atoms with Crippen LogP contribution in [0.25, 0.3) is 22.4 Å². The van der Waals surface area contributed by atoms with Crippen LogP contribution in [-0.4, -0.2) is 4.98 Å². The number of benzene rings is 2. The molecule has 0 saturated carbocycles. The maximum atomic E-state index is 13.6. The molecule has 3 nitrogen and oxygen atoms in total. The summed E-state index contributed by atoms with van der Waals surface area (Å²) in [6.07, 6.45) is -3.32. The Balaban J connectivity index is 2.17. The summed E-state index contributed by atoms with van der Waals surface area (Å²) >= 11 is 0. The summed E-state index contributed by atoms with van der Waals surface area (Å²) in [5.74, 6) is -1.32. The van der Waals surface area contributed by atoms with Crippen LogP contribution in [0.15, 0.2) is 54.7 Å². The SMILES string of the molecule is NCc1cc(-c2cccnc2-c2ccc(F)c(C(F)(F)F)c2)ccc1N. The van der Waals surface area contributed by atoms with Gasteiger partial charge in [-0.3, -0.25) is 4.98 Å². The van der Waals surface area contributed by atoms with E-state index < -0.39 is 17.6 Å². The van der Waals surface area contributed by atoms with Crippen LogP contribution in [0.4, 0.5) is 23.2 Å². The Labute approximate surface area is 147 Å². The van der Waals surface area contributed by atoms with Crippen LogP contribution >= 0.6 is 0 Å². The van der Waals surface area contributed by atoms with E-state index in [1.807, 2.05) is 0 Å². The number of hydrogen-bond acceptors (Lipinski definition) is 3. The molecule has 4 N–H and O–H groups in total. The molecule has 1 aromatic heterocycles. The van der Waals surface area contributed by atoms with Gasteiger partial charge in [0, 0.05) is 29.6 Å². The summed E-state index contributed by atoms with van der Waals surface area (Å²) in [5, 5.41) is 0. The van der Waals surface area contributed by atoms with Gasteiger partial charge < -0.3 is 11.5 Å². The Bertz CT molecular complexity index is 952. The first-order valence-corrected chi connectivity index (χ1v) is 7.72. The van der Waals surface area contributed by atoms with Crippen LogP contribution in [0.1, 0.15) is 11.1 Å². The summed E-state index contributed by atoms with van der Waals surface area (Å²) in [6.45, 7) is 0.226. The number of anilines is 1. The molecule has 0 amide bonds. The summed E-state index contributed by atoms with van der Waals surface area (Å²) < 4.78 is 52.6. The molecule has 26 heavy (non-hydrogen) atoms. The Morgan fingerprint density at radius 1 is 0.962 bits per heavy atom. The van der Waals surface area contributed by atoms with Gasteiger partial charge in [0.2, 0.25) is 0 Å². The first kappa shape index (κ1) is 17.9. The molecule has 3 aromatic rings. The lowest BCUT2D eigenvalue weighted by Crippen LogP contribution is -2.08. The summed E-state index contributed by atoms with van der Waals surface area (Å²) in [4.78, 5) is 4.20. The van der Waals surface area contributed by atoms with Crippen molar-refractivity contribution in [3.05, 3.63) is 71.7 Å². The van der Waals surface area contributed by atoms with Gasteiger partial charge in [-0.05, 0) is 47.5 Å². The average molecular weight is 361 g/mol. The first-order chi connectivity index (χ1) is 12.3. The van der Waals surface area contributed by atoms with Gasteiger partial charge in [-0.15, -0.1) is 0 Å². The van der Waals surface area contributed by atoms with Crippen molar-refractivity contribution in [2.24, 2.45) is 5.73 Å². The molecule has 3 rings (SSSR count). The number of halogens is 4. The Morgan fingerprint density at radius 2 is 1.69 bits per heavy atom. The fourth-order valence-electron chi connectivity index (χ4n) is 2.71. The maximum Gasteiger partial charge on any atom is 0.419 e. The van der Waals surface area contributed by atoms with E-state index in [0.29, 0.717) is 28.1 Å². The van der Waals surface area contributed by atoms with E-state index >= 15 is 0 Å². The van der Waals surface area contributed by atoms with Crippen LogP contribution in [0, 0.1) is 5.82 Å². The third-order valence-electron chi connectivity index (χ3n) is 4.03. The number of nitrogen functional groups attached to an aromatic ring is 1. The second-order valence-corrected chi connectivity index (χ2v) is 5.71. The average Bonchev–Trinajstić information content (AvgIpc) is 2.62. The highest BCUT2D eigenvalue weighted by Gasteiger charge is 2.34. The fourth-order valence-corrected chi connectivity index (χ4v) is 2.71. The van der Waals surface area contributed by atoms with E-state index in [1.54, 1.807) is 30.3 Å². The standard InChI is InChI=1S/C19H15F4N3/c20-16-5-3-12(9-15(16)19(21,22)23)18-14(2-1-7-26-18)11-4-6-17(25)13(8-11)10-24/h1-9H,10,24-25H2. The zero-order valence-corrected chi connectivity index (χ0v) is 13.5. The number of pyridine rings is 1. The van der Waals surface area contributed by atoms with Crippen molar-refractivity contribution in [2.45, 2.75) is 12.7 Å². The summed E-state index contributed by atoms with van der Waals surface area (Å²) in [5.41, 5.74) is 13.2. The monoisotopic (exact) mass is 361 g/mol. The Hall–Kier alpha value is -2.93. The van der Waals surface area contributed by atoms with Crippen molar-refractivity contribution < 1.29 is 17.6 Å². The van der Waals surface area contributed by atoms with E-state index in [4.69, 9.17) is 11.5 Å². The highest BCUT2D eigenvalue weighted by Crippen LogP contribution is 2.37. The lowest BCUT2D eigenvalue weighted by atomic mass is 9.96. The molecule has 2 aromatic carbocycles.